The van der Waals surface area contributed by atoms with Gasteiger partial charge in [0.2, 0.25) is 11.8 Å². The third-order valence-corrected chi connectivity index (χ3v) is 6.19. The number of carbonyl (C=O) groups excluding carboxylic acids is 2. The number of hydrogen-bond donors (Lipinski definition) is 2. The molecule has 0 aliphatic carbocycles. The number of benzene rings is 2. The van der Waals surface area contributed by atoms with Crippen molar-refractivity contribution in [3.63, 3.8) is 0 Å². The largest absolute Gasteiger partial charge is 0.474 e. The molecule has 198 valence electrons. The van der Waals surface area contributed by atoms with E-state index in [1.54, 1.807) is 36.4 Å². The quantitative estimate of drug-likeness (QED) is 0.367. The van der Waals surface area contributed by atoms with Crippen LogP contribution in [0.1, 0.15) is 32.4 Å². The van der Waals surface area contributed by atoms with Crippen LogP contribution >= 0.6 is 0 Å². The van der Waals surface area contributed by atoms with Gasteiger partial charge in [-0.3, -0.25) is 9.59 Å². The zero-order valence-electron chi connectivity index (χ0n) is 21.3. The lowest BCUT2D eigenvalue weighted by Gasteiger charge is -2.09. The Morgan fingerprint density at radius 2 is 1.00 bits per heavy atom. The molecule has 40 heavy (non-hydrogen) atoms. The van der Waals surface area contributed by atoms with Gasteiger partial charge >= 0.3 is 0 Å². The molecule has 0 radical (unpaired) electrons. The summed E-state index contributed by atoms with van der Waals surface area (Å²) >= 11 is 0. The molecule has 2 N–H and O–H groups in total. The number of nitrogens with one attached hydrogen (secondary N) is 2. The van der Waals surface area contributed by atoms with Crippen molar-refractivity contribution >= 4 is 35.0 Å². The van der Waals surface area contributed by atoms with Gasteiger partial charge in [0.05, 0.1) is 13.1 Å². The smallest absolute Gasteiger partial charge is 0.274 e. The average molecular weight is 533 g/mol. The minimum atomic E-state index is -0.322. The average Bonchev–Trinajstić information content (AvgIpc) is 3.74. The number of aromatic nitrogens is 2. The molecule has 2 amide bonds. The van der Waals surface area contributed by atoms with Gasteiger partial charge in [0.15, 0.2) is 0 Å². The van der Waals surface area contributed by atoms with Crippen LogP contribution in [0.4, 0.5) is 11.4 Å². The lowest BCUT2D eigenvalue weighted by molar-refractivity contribution is 0.101. The maximum absolute atomic E-state index is 12.7. The standard InChI is InChI=1S/C30H24N6O4/c37-27(23-3-1-5-25(35-23)29-31-15-17-39-29)33-21-11-7-19(8-12-21)20-9-13-22(14-10-20)34-28(38)24-4-2-6-26(36-24)30-32-16-18-40-30/h1-14H,15-18H2,(H,33,37)(H,34,38). The molecule has 10 nitrogen and oxygen atoms in total. The highest BCUT2D eigenvalue weighted by molar-refractivity contribution is 6.05. The molecule has 4 aromatic rings. The molecule has 0 saturated heterocycles. The van der Waals surface area contributed by atoms with E-state index >= 15 is 0 Å². The molecule has 2 aromatic heterocycles. The first-order valence-electron chi connectivity index (χ1n) is 12.7. The summed E-state index contributed by atoms with van der Waals surface area (Å²) in [7, 11) is 0. The van der Waals surface area contributed by atoms with Crippen LogP contribution in [0.2, 0.25) is 0 Å². The van der Waals surface area contributed by atoms with Crippen molar-refractivity contribution in [2.45, 2.75) is 0 Å². The Hall–Kier alpha value is -5.38. The van der Waals surface area contributed by atoms with E-state index in [2.05, 4.69) is 30.6 Å². The molecule has 0 fully saturated rings. The Morgan fingerprint density at radius 3 is 1.38 bits per heavy atom. The summed E-state index contributed by atoms with van der Waals surface area (Å²) in [5.41, 5.74) is 4.83. The lowest BCUT2D eigenvalue weighted by Crippen LogP contribution is -2.16. The second-order valence-electron chi connectivity index (χ2n) is 8.95. The van der Waals surface area contributed by atoms with Crippen molar-refractivity contribution in [3.8, 4) is 11.1 Å². The van der Waals surface area contributed by atoms with Crippen LogP contribution in [0.3, 0.4) is 0 Å². The number of hydrogen-bond acceptors (Lipinski definition) is 8. The van der Waals surface area contributed by atoms with Gasteiger partial charge in [0.25, 0.3) is 11.8 Å². The summed E-state index contributed by atoms with van der Waals surface area (Å²) in [5, 5.41) is 5.74. The molecular weight excluding hydrogens is 508 g/mol. The number of anilines is 2. The van der Waals surface area contributed by atoms with Crippen molar-refractivity contribution in [2.75, 3.05) is 36.9 Å². The lowest BCUT2D eigenvalue weighted by atomic mass is 10.0. The van der Waals surface area contributed by atoms with E-state index in [4.69, 9.17) is 9.47 Å². The topological polar surface area (TPSA) is 127 Å². The zero-order valence-corrected chi connectivity index (χ0v) is 21.3. The first kappa shape index (κ1) is 24.9. The Bertz CT molecular complexity index is 1510. The molecule has 0 spiro atoms. The van der Waals surface area contributed by atoms with E-state index < -0.39 is 0 Å². The third kappa shape index (κ3) is 5.56. The van der Waals surface area contributed by atoms with Crippen molar-refractivity contribution in [1.82, 2.24) is 9.97 Å². The second kappa shape index (κ2) is 11.2. The number of nitrogens with zero attached hydrogens (tertiary/aromatic N) is 4. The van der Waals surface area contributed by atoms with Gasteiger partial charge in [-0.05, 0) is 59.7 Å². The Labute approximate surface area is 229 Å². The van der Waals surface area contributed by atoms with Crippen LogP contribution < -0.4 is 10.6 Å². The summed E-state index contributed by atoms with van der Waals surface area (Å²) in [5.74, 6) is 0.273. The molecule has 6 rings (SSSR count). The second-order valence-corrected chi connectivity index (χ2v) is 8.95. The SMILES string of the molecule is O=C(Nc1ccc(-c2ccc(NC(=O)c3cccc(C4=NCCO4)n3)cc2)cc1)c1cccc(C2=NCCO2)n1. The summed E-state index contributed by atoms with van der Waals surface area (Å²) in [6.07, 6.45) is 0. The van der Waals surface area contributed by atoms with Crippen LogP contribution in [0.5, 0.6) is 0 Å². The maximum Gasteiger partial charge on any atom is 0.274 e. The summed E-state index contributed by atoms with van der Waals surface area (Å²) in [6.45, 7) is 2.23. The molecule has 4 heterocycles. The Morgan fingerprint density at radius 1 is 0.575 bits per heavy atom. The summed E-state index contributed by atoms with van der Waals surface area (Å²) in [4.78, 5) is 42.7. The molecular formula is C30H24N6O4. The molecule has 2 aliphatic rings. The molecule has 0 bridgehead atoms. The predicted octanol–water partition coefficient (Wildman–Crippen LogP) is 4.20. The number of ether oxygens (including phenoxy) is 2. The predicted molar refractivity (Wildman–Crippen MR) is 151 cm³/mol. The number of rotatable bonds is 7. The highest BCUT2D eigenvalue weighted by atomic mass is 16.5. The van der Waals surface area contributed by atoms with Gasteiger partial charge in [-0.1, -0.05) is 36.4 Å². The summed E-state index contributed by atoms with van der Waals surface area (Å²) < 4.78 is 10.9. The van der Waals surface area contributed by atoms with E-state index in [-0.39, 0.29) is 23.2 Å². The van der Waals surface area contributed by atoms with Crippen LogP contribution in [0, 0.1) is 0 Å². The number of aliphatic imine (C=N–C) groups is 2. The van der Waals surface area contributed by atoms with Crippen LogP contribution in [0.15, 0.2) is 94.9 Å². The fraction of sp³-hybridized carbons (Fsp3) is 0.133. The van der Waals surface area contributed by atoms with Crippen LogP contribution in [-0.4, -0.2) is 59.9 Å². The number of pyridine rings is 2. The van der Waals surface area contributed by atoms with E-state index in [1.165, 1.54) is 0 Å². The first-order chi connectivity index (χ1) is 19.6. The minimum Gasteiger partial charge on any atom is -0.474 e. The van der Waals surface area contributed by atoms with Crippen molar-refractivity contribution in [2.24, 2.45) is 9.98 Å². The molecule has 0 atom stereocenters. The molecule has 10 heteroatoms. The van der Waals surface area contributed by atoms with E-state index in [9.17, 15) is 9.59 Å². The van der Waals surface area contributed by atoms with Gasteiger partial charge in [0, 0.05) is 11.4 Å². The number of amides is 2. The zero-order chi connectivity index (χ0) is 27.3. The highest BCUT2D eigenvalue weighted by Crippen LogP contribution is 2.24. The molecule has 0 saturated carbocycles. The fourth-order valence-corrected chi connectivity index (χ4v) is 4.22. The van der Waals surface area contributed by atoms with Gasteiger partial charge in [-0.25, -0.2) is 20.0 Å². The van der Waals surface area contributed by atoms with E-state index in [1.807, 2.05) is 48.5 Å². The van der Waals surface area contributed by atoms with Gasteiger partial charge < -0.3 is 20.1 Å². The van der Waals surface area contributed by atoms with Crippen molar-refractivity contribution in [3.05, 3.63) is 108 Å². The van der Waals surface area contributed by atoms with Gasteiger partial charge in [0.1, 0.15) is 36.0 Å². The number of carbonyl (C=O) groups is 2. The molecule has 2 aliphatic heterocycles. The maximum atomic E-state index is 12.7. The minimum absolute atomic E-state index is 0.278. The van der Waals surface area contributed by atoms with E-state index in [0.717, 1.165) is 11.1 Å². The first-order valence-corrected chi connectivity index (χ1v) is 12.7. The Kier molecular flexibility index (Phi) is 6.95. The van der Waals surface area contributed by atoms with Crippen LogP contribution in [0.25, 0.3) is 11.1 Å². The molecule has 2 aromatic carbocycles. The molecule has 0 unspecified atom stereocenters. The Balaban J connectivity index is 1.08. The normalized spacial score (nSPS) is 14.0. The fourth-order valence-electron chi connectivity index (χ4n) is 4.22. The summed E-state index contributed by atoms with van der Waals surface area (Å²) in [6, 6.07) is 25.3. The monoisotopic (exact) mass is 532 g/mol. The third-order valence-electron chi connectivity index (χ3n) is 6.19. The van der Waals surface area contributed by atoms with Crippen molar-refractivity contribution < 1.29 is 19.1 Å². The van der Waals surface area contributed by atoms with Gasteiger partial charge in [-0.15, -0.1) is 0 Å². The highest BCUT2D eigenvalue weighted by Gasteiger charge is 2.16. The van der Waals surface area contributed by atoms with E-state index in [0.29, 0.717) is 60.9 Å². The van der Waals surface area contributed by atoms with Gasteiger partial charge in [-0.2, -0.15) is 0 Å². The van der Waals surface area contributed by atoms with Crippen molar-refractivity contribution in [1.29, 1.82) is 0 Å². The van der Waals surface area contributed by atoms with Crippen LogP contribution in [-0.2, 0) is 9.47 Å².